The van der Waals surface area contributed by atoms with Crippen LogP contribution in [-0.4, -0.2) is 73.4 Å². The molecule has 0 fully saturated rings. The van der Waals surface area contributed by atoms with Crippen molar-refractivity contribution in [2.24, 2.45) is 0 Å². The van der Waals surface area contributed by atoms with E-state index in [1.54, 1.807) is 6.08 Å². The summed E-state index contributed by atoms with van der Waals surface area (Å²) < 4.78 is 23.8. The largest absolute Gasteiger partial charge is 0.472 e. The van der Waals surface area contributed by atoms with Gasteiger partial charge >= 0.3 is 7.82 Å². The van der Waals surface area contributed by atoms with Gasteiger partial charge in [-0.1, -0.05) is 319 Å². The number of carbonyl (C=O) groups excluding carboxylic acids is 1. The van der Waals surface area contributed by atoms with E-state index in [0.29, 0.717) is 17.4 Å². The SMILES string of the molecule is CC/C=C\C/C=C\C/C=C\C/C=C\CCCCCCCCCCCCCCCCCCCCCCCCCCCCC(=O)NC(COP(=O)(O)OCC[N+](C)(C)C)C(O)/C=C/CCCCCCCCCCCCCCCCC. The van der Waals surface area contributed by atoms with Gasteiger partial charge in [0.1, 0.15) is 13.2 Å². The molecule has 1 amide bonds. The van der Waals surface area contributed by atoms with Crippen molar-refractivity contribution in [3.63, 3.8) is 0 Å². The summed E-state index contributed by atoms with van der Waals surface area (Å²) in [6, 6.07) is -0.846. The first-order chi connectivity index (χ1) is 38.0. The number of rotatable bonds is 62. The summed E-state index contributed by atoms with van der Waals surface area (Å²) in [5.74, 6) is -0.171. The zero-order valence-corrected chi connectivity index (χ0v) is 53.3. The number of hydrogen-bond donors (Lipinski definition) is 3. The van der Waals surface area contributed by atoms with E-state index in [2.05, 4.69) is 67.8 Å². The highest BCUT2D eigenvalue weighted by atomic mass is 31.2. The number of allylic oxidation sites excluding steroid dienone is 9. The van der Waals surface area contributed by atoms with E-state index in [9.17, 15) is 19.4 Å². The van der Waals surface area contributed by atoms with Gasteiger partial charge in [0.15, 0.2) is 0 Å². The topological polar surface area (TPSA) is 105 Å². The Kier molecular flexibility index (Phi) is 58.4. The number of phosphoric acid groups is 1. The first-order valence-electron chi connectivity index (χ1n) is 33.7. The highest BCUT2D eigenvalue weighted by molar-refractivity contribution is 7.47. The third-order valence-electron chi connectivity index (χ3n) is 15.2. The van der Waals surface area contributed by atoms with Crippen LogP contribution in [0.1, 0.15) is 322 Å². The van der Waals surface area contributed by atoms with Crippen molar-refractivity contribution in [3.05, 3.63) is 60.8 Å². The maximum atomic E-state index is 13.0. The van der Waals surface area contributed by atoms with Gasteiger partial charge in [0.25, 0.3) is 0 Å². The van der Waals surface area contributed by atoms with Crippen molar-refractivity contribution in [2.45, 2.75) is 334 Å². The van der Waals surface area contributed by atoms with Gasteiger partial charge in [-0.2, -0.15) is 0 Å². The van der Waals surface area contributed by atoms with Gasteiger partial charge < -0.3 is 19.8 Å². The number of quaternary nitrogens is 1. The molecule has 3 atom stereocenters. The van der Waals surface area contributed by atoms with Crippen LogP contribution in [0.25, 0.3) is 0 Å². The fourth-order valence-corrected chi connectivity index (χ4v) is 10.8. The van der Waals surface area contributed by atoms with Crippen LogP contribution in [0.5, 0.6) is 0 Å². The minimum absolute atomic E-state index is 0.0630. The van der Waals surface area contributed by atoms with E-state index in [4.69, 9.17) is 9.05 Å². The smallest absolute Gasteiger partial charge is 0.387 e. The molecule has 9 heteroatoms. The number of nitrogens with zero attached hydrogens (tertiary/aromatic N) is 1. The lowest BCUT2D eigenvalue weighted by Crippen LogP contribution is -2.45. The predicted octanol–water partition coefficient (Wildman–Crippen LogP) is 21.2. The van der Waals surface area contributed by atoms with Crippen LogP contribution in [0.2, 0.25) is 0 Å². The number of phosphoric ester groups is 1. The molecule has 458 valence electrons. The number of carbonyl (C=O) groups is 1. The molecule has 0 aromatic rings. The van der Waals surface area contributed by atoms with Gasteiger partial charge in [-0.05, 0) is 57.8 Å². The fourth-order valence-electron chi connectivity index (χ4n) is 10.0. The van der Waals surface area contributed by atoms with Crippen LogP contribution in [-0.2, 0) is 18.4 Å². The van der Waals surface area contributed by atoms with Crippen molar-refractivity contribution < 1.29 is 32.9 Å². The Morgan fingerprint density at radius 3 is 1.13 bits per heavy atom. The van der Waals surface area contributed by atoms with Crippen molar-refractivity contribution in [1.29, 1.82) is 0 Å². The molecule has 0 saturated carbocycles. The first kappa shape index (κ1) is 76.2. The summed E-state index contributed by atoms with van der Waals surface area (Å²) in [5.41, 5.74) is 0. The molecule has 0 aliphatic carbocycles. The van der Waals surface area contributed by atoms with Gasteiger partial charge in [0, 0.05) is 6.42 Å². The highest BCUT2D eigenvalue weighted by Crippen LogP contribution is 2.43. The molecule has 0 heterocycles. The lowest BCUT2D eigenvalue weighted by atomic mass is 10.0. The van der Waals surface area contributed by atoms with E-state index < -0.39 is 20.0 Å². The molecule has 0 saturated heterocycles. The normalized spacial score (nSPS) is 14.1. The third kappa shape index (κ3) is 61.8. The minimum Gasteiger partial charge on any atom is -0.387 e. The van der Waals surface area contributed by atoms with Gasteiger partial charge in [-0.3, -0.25) is 13.8 Å². The third-order valence-corrected chi connectivity index (χ3v) is 16.2. The van der Waals surface area contributed by atoms with Gasteiger partial charge in [-0.25, -0.2) is 4.57 Å². The van der Waals surface area contributed by atoms with E-state index >= 15 is 0 Å². The van der Waals surface area contributed by atoms with Crippen LogP contribution >= 0.6 is 7.82 Å². The Balaban J connectivity index is 3.92. The van der Waals surface area contributed by atoms with E-state index in [-0.39, 0.29) is 19.1 Å². The summed E-state index contributed by atoms with van der Waals surface area (Å²) in [5, 5.41) is 14.0. The van der Waals surface area contributed by atoms with Gasteiger partial charge in [0.2, 0.25) is 5.91 Å². The average Bonchev–Trinajstić information content (AvgIpc) is 3.40. The summed E-state index contributed by atoms with van der Waals surface area (Å²) in [6.07, 6.45) is 82.2. The molecule has 0 aliphatic rings. The summed E-state index contributed by atoms with van der Waals surface area (Å²) in [7, 11) is 1.58. The zero-order chi connectivity index (χ0) is 57.0. The number of hydrogen-bond acceptors (Lipinski definition) is 5. The number of unbranched alkanes of at least 4 members (excludes halogenated alkanes) is 41. The van der Waals surface area contributed by atoms with Crippen LogP contribution in [0.3, 0.4) is 0 Å². The maximum absolute atomic E-state index is 13.0. The number of likely N-dealkylation sites (N-methyl/N-ethyl adjacent to an activating group) is 1. The van der Waals surface area contributed by atoms with Crippen molar-refractivity contribution in [1.82, 2.24) is 5.32 Å². The lowest BCUT2D eigenvalue weighted by Gasteiger charge is -2.25. The quantitative estimate of drug-likeness (QED) is 0.0243. The number of amides is 1. The molecule has 0 aromatic carbocycles. The first-order valence-corrected chi connectivity index (χ1v) is 35.2. The zero-order valence-electron chi connectivity index (χ0n) is 52.4. The Hall–Kier alpha value is -1.80. The predicted molar refractivity (Wildman–Crippen MR) is 341 cm³/mol. The van der Waals surface area contributed by atoms with Crippen molar-refractivity contribution in [3.8, 4) is 0 Å². The molecular formula is C69H132N2O6P+. The van der Waals surface area contributed by atoms with E-state index in [0.717, 1.165) is 64.2 Å². The molecular weight excluding hydrogens is 984 g/mol. The van der Waals surface area contributed by atoms with Gasteiger partial charge in [0.05, 0.1) is 39.9 Å². The Morgan fingerprint density at radius 2 is 0.769 bits per heavy atom. The molecule has 0 rings (SSSR count). The Labute approximate surface area is 485 Å². The molecule has 8 nitrogen and oxygen atoms in total. The fraction of sp³-hybridized carbons (Fsp3) is 0.841. The maximum Gasteiger partial charge on any atom is 0.472 e. The second kappa shape index (κ2) is 59.8. The van der Waals surface area contributed by atoms with Crippen molar-refractivity contribution in [2.75, 3.05) is 40.9 Å². The molecule has 3 N–H and O–H groups in total. The lowest BCUT2D eigenvalue weighted by molar-refractivity contribution is -0.870. The molecule has 78 heavy (non-hydrogen) atoms. The van der Waals surface area contributed by atoms with Crippen molar-refractivity contribution >= 4 is 13.7 Å². The molecule has 0 aliphatic heterocycles. The van der Waals surface area contributed by atoms with Crippen LogP contribution in [0, 0.1) is 0 Å². The van der Waals surface area contributed by atoms with E-state index in [1.807, 2.05) is 27.2 Å². The Bertz CT molecular complexity index is 1450. The standard InChI is InChI=1S/C69H131N2O6P/c1-6-8-10-12-14-16-18-20-22-24-25-26-27-28-29-30-31-32-33-34-35-36-37-38-39-40-41-42-43-44-45-47-49-51-53-55-57-59-61-63-69(73)70-67(66-77-78(74,75)76-65-64-71(3,4)5)68(72)62-60-58-56-54-52-50-48-46-23-21-19-17-15-13-11-9-7-2/h8,10,14,16,20,22,25-26,60,62,67-68,72H,6-7,9,11-13,15,17-19,21,23-24,27-59,61,63-66H2,1-5H3,(H-,70,73,74,75)/p+1/b10-8-,16-14-,22-20-,26-25-,62-60+. The summed E-state index contributed by atoms with van der Waals surface area (Å²) in [6.45, 7) is 4.74. The molecule has 0 aromatic heterocycles. The van der Waals surface area contributed by atoms with Gasteiger partial charge in [-0.15, -0.1) is 0 Å². The summed E-state index contributed by atoms with van der Waals surface area (Å²) in [4.78, 5) is 23.4. The van der Waals surface area contributed by atoms with Crippen LogP contribution in [0.4, 0.5) is 0 Å². The second-order valence-corrected chi connectivity index (χ2v) is 25.6. The summed E-state index contributed by atoms with van der Waals surface area (Å²) >= 11 is 0. The Morgan fingerprint density at radius 1 is 0.449 bits per heavy atom. The molecule has 0 radical (unpaired) electrons. The van der Waals surface area contributed by atoms with Crippen LogP contribution < -0.4 is 5.32 Å². The monoisotopic (exact) mass is 1120 g/mol. The second-order valence-electron chi connectivity index (χ2n) is 24.2. The van der Waals surface area contributed by atoms with E-state index in [1.165, 1.54) is 238 Å². The number of aliphatic hydroxyl groups excluding tert-OH is 1. The average molecular weight is 1120 g/mol. The van der Waals surface area contributed by atoms with Crippen LogP contribution in [0.15, 0.2) is 60.8 Å². The molecule has 0 bridgehead atoms. The highest BCUT2D eigenvalue weighted by Gasteiger charge is 2.28. The molecule has 0 spiro atoms. The number of nitrogens with one attached hydrogen (secondary N) is 1. The molecule has 3 unspecified atom stereocenters. The minimum atomic E-state index is -4.35. The number of aliphatic hydroxyl groups is 1.